The van der Waals surface area contributed by atoms with Gasteiger partial charge in [0.2, 0.25) is 0 Å². The van der Waals surface area contributed by atoms with Gasteiger partial charge in [-0.15, -0.1) is 0 Å². The first-order valence-electron chi connectivity index (χ1n) is 11.4. The van der Waals surface area contributed by atoms with Gasteiger partial charge in [0, 0.05) is 25.7 Å². The van der Waals surface area contributed by atoms with Crippen LogP contribution in [0.5, 0.6) is 5.75 Å². The van der Waals surface area contributed by atoms with Gasteiger partial charge in [-0.1, -0.05) is 30.0 Å². The molecule has 3 aromatic rings. The molecule has 1 fully saturated rings. The third-order valence-electron chi connectivity index (χ3n) is 6.15. The monoisotopic (exact) mass is 478 g/mol. The normalized spacial score (nSPS) is 16.3. The molecule has 9 heteroatoms. The van der Waals surface area contributed by atoms with Crippen LogP contribution in [-0.2, 0) is 4.79 Å². The molecule has 34 heavy (non-hydrogen) atoms. The topological polar surface area (TPSA) is 96.2 Å². The highest BCUT2D eigenvalue weighted by atomic mass is 32.2. The van der Waals surface area contributed by atoms with Crippen LogP contribution in [0, 0.1) is 0 Å². The van der Waals surface area contributed by atoms with E-state index in [1.165, 1.54) is 11.8 Å². The molecule has 2 aliphatic rings. The molecule has 0 atom stereocenters. The molecule has 1 aromatic carbocycles. The first-order valence-corrected chi connectivity index (χ1v) is 12.2. The van der Waals surface area contributed by atoms with E-state index in [2.05, 4.69) is 19.6 Å². The van der Waals surface area contributed by atoms with Gasteiger partial charge in [-0.2, -0.15) is 0 Å². The van der Waals surface area contributed by atoms with Crippen LogP contribution in [0.2, 0.25) is 0 Å². The summed E-state index contributed by atoms with van der Waals surface area (Å²) in [4.78, 5) is 31.6. The Bertz CT molecular complexity index is 1250. The highest BCUT2D eigenvalue weighted by Crippen LogP contribution is 2.34. The Morgan fingerprint density at radius 1 is 1.15 bits per heavy atom. The second-order valence-electron chi connectivity index (χ2n) is 8.44. The van der Waals surface area contributed by atoms with E-state index in [1.54, 1.807) is 30.5 Å². The lowest BCUT2D eigenvalue weighted by Gasteiger charge is -2.32. The van der Waals surface area contributed by atoms with Crippen LogP contribution in [0.4, 0.5) is 0 Å². The SMILES string of the molecule is O=C(NC1CCN(CCCOc2ccccc2C(=O)O)CC1)C1=Cc2cnc3cccc(n23)S1. The second kappa shape index (κ2) is 9.90. The van der Waals surface area contributed by atoms with Crippen LogP contribution in [0.15, 0.2) is 58.6 Å². The number of amides is 1. The van der Waals surface area contributed by atoms with E-state index in [9.17, 15) is 14.7 Å². The highest BCUT2D eigenvalue weighted by Gasteiger charge is 2.24. The molecule has 0 bridgehead atoms. The van der Waals surface area contributed by atoms with Crippen LogP contribution in [0.25, 0.3) is 11.7 Å². The van der Waals surface area contributed by atoms with Crippen LogP contribution in [-0.4, -0.2) is 63.6 Å². The number of nitrogens with zero attached hydrogens (tertiary/aromatic N) is 3. The molecule has 176 valence electrons. The zero-order valence-corrected chi connectivity index (χ0v) is 19.5. The van der Waals surface area contributed by atoms with Crippen LogP contribution in [0.1, 0.15) is 35.3 Å². The number of rotatable bonds is 8. The fourth-order valence-corrected chi connectivity index (χ4v) is 5.39. The molecule has 0 saturated carbocycles. The number of aromatic carboxylic acids is 1. The standard InChI is InChI=1S/C25H26N4O4S/c30-24(21-15-18-16-26-22-7-3-8-23(34-21)29(18)22)27-17-9-12-28(13-10-17)11-4-14-33-20-6-2-1-5-19(20)25(31)32/h1-3,5-8,15-17H,4,9-14H2,(H,27,30)(H,31,32). The lowest BCUT2D eigenvalue weighted by molar-refractivity contribution is -0.117. The summed E-state index contributed by atoms with van der Waals surface area (Å²) in [6, 6.07) is 12.8. The molecule has 2 N–H and O–H groups in total. The van der Waals surface area contributed by atoms with Gasteiger partial charge in [0.15, 0.2) is 0 Å². The number of carboxylic acids is 1. The number of thioether (sulfide) groups is 1. The molecule has 2 aliphatic heterocycles. The number of piperidine rings is 1. The highest BCUT2D eigenvalue weighted by molar-refractivity contribution is 8.04. The summed E-state index contributed by atoms with van der Waals surface area (Å²) in [5.74, 6) is -0.603. The van der Waals surface area contributed by atoms with Gasteiger partial charge in [-0.05, 0) is 49.6 Å². The zero-order chi connectivity index (χ0) is 23.5. The molecule has 0 unspecified atom stereocenters. The Morgan fingerprint density at radius 2 is 1.97 bits per heavy atom. The number of carbonyl (C=O) groups excluding carboxylic acids is 1. The minimum Gasteiger partial charge on any atom is -0.493 e. The van der Waals surface area contributed by atoms with Gasteiger partial charge >= 0.3 is 5.97 Å². The van der Waals surface area contributed by atoms with Crippen LogP contribution < -0.4 is 10.1 Å². The Morgan fingerprint density at radius 3 is 2.79 bits per heavy atom. The minimum absolute atomic E-state index is 0.0293. The summed E-state index contributed by atoms with van der Waals surface area (Å²) in [6.45, 7) is 3.17. The third kappa shape index (κ3) is 4.80. The largest absolute Gasteiger partial charge is 0.493 e. The minimum atomic E-state index is -0.982. The van der Waals surface area contributed by atoms with Crippen molar-refractivity contribution < 1.29 is 19.4 Å². The van der Waals surface area contributed by atoms with Gasteiger partial charge in [0.25, 0.3) is 5.91 Å². The number of benzene rings is 1. The van der Waals surface area contributed by atoms with Crippen molar-refractivity contribution >= 4 is 35.4 Å². The molecule has 0 radical (unpaired) electrons. The average Bonchev–Trinajstić information content (AvgIpc) is 3.27. The Kier molecular flexibility index (Phi) is 6.55. The summed E-state index contributed by atoms with van der Waals surface area (Å²) in [5, 5.41) is 13.4. The van der Waals surface area contributed by atoms with Crippen LogP contribution in [0.3, 0.4) is 0 Å². The molecule has 0 aliphatic carbocycles. The van der Waals surface area contributed by atoms with Crippen LogP contribution >= 0.6 is 11.8 Å². The summed E-state index contributed by atoms with van der Waals surface area (Å²) in [7, 11) is 0. The molecule has 2 aromatic heterocycles. The van der Waals surface area contributed by atoms with Crippen molar-refractivity contribution in [3.05, 3.63) is 64.8 Å². The van der Waals surface area contributed by atoms with Crippen molar-refractivity contribution in [1.82, 2.24) is 19.6 Å². The fourth-order valence-electron chi connectivity index (χ4n) is 4.40. The van der Waals surface area contributed by atoms with Gasteiger partial charge in [-0.3, -0.25) is 9.20 Å². The maximum Gasteiger partial charge on any atom is 0.339 e. The summed E-state index contributed by atoms with van der Waals surface area (Å²) in [5.41, 5.74) is 2.00. The number of pyridine rings is 1. The number of hydrogen-bond acceptors (Lipinski definition) is 6. The van der Waals surface area contributed by atoms with E-state index in [1.807, 2.05) is 24.3 Å². The molecule has 5 rings (SSSR count). The van der Waals surface area contributed by atoms with Crippen molar-refractivity contribution in [1.29, 1.82) is 0 Å². The number of aromatic nitrogens is 2. The number of para-hydroxylation sites is 1. The van der Waals surface area contributed by atoms with Crippen molar-refractivity contribution in [3.8, 4) is 5.75 Å². The van der Waals surface area contributed by atoms with Gasteiger partial charge in [-0.25, -0.2) is 9.78 Å². The van der Waals surface area contributed by atoms with E-state index in [0.29, 0.717) is 17.3 Å². The van der Waals surface area contributed by atoms with Crippen molar-refractivity contribution in [2.24, 2.45) is 0 Å². The van der Waals surface area contributed by atoms with E-state index in [0.717, 1.165) is 55.3 Å². The lowest BCUT2D eigenvalue weighted by atomic mass is 10.0. The van der Waals surface area contributed by atoms with E-state index < -0.39 is 5.97 Å². The van der Waals surface area contributed by atoms with Crippen molar-refractivity contribution in [2.45, 2.75) is 30.3 Å². The number of likely N-dealkylation sites (tertiary alicyclic amines) is 1. The molecular formula is C25H26N4O4S. The van der Waals surface area contributed by atoms with E-state index in [4.69, 9.17) is 4.74 Å². The van der Waals surface area contributed by atoms with Gasteiger partial charge in [0.1, 0.15) is 17.0 Å². The Hall–Kier alpha value is -3.30. The molecule has 8 nitrogen and oxygen atoms in total. The van der Waals surface area contributed by atoms with Crippen molar-refractivity contribution in [3.63, 3.8) is 0 Å². The molecule has 1 saturated heterocycles. The first kappa shape index (κ1) is 22.5. The van der Waals surface area contributed by atoms with Crippen molar-refractivity contribution in [2.75, 3.05) is 26.2 Å². The zero-order valence-electron chi connectivity index (χ0n) is 18.6. The number of carboxylic acid groups (broad SMARTS) is 1. The third-order valence-corrected chi connectivity index (χ3v) is 7.21. The average molecular weight is 479 g/mol. The van der Waals surface area contributed by atoms with E-state index >= 15 is 0 Å². The number of hydrogen-bond donors (Lipinski definition) is 2. The molecular weight excluding hydrogens is 452 g/mol. The van der Waals surface area contributed by atoms with Gasteiger partial charge < -0.3 is 20.1 Å². The smallest absolute Gasteiger partial charge is 0.339 e. The Balaban J connectivity index is 1.06. The maximum absolute atomic E-state index is 12.9. The number of carbonyl (C=O) groups is 2. The predicted molar refractivity (Wildman–Crippen MR) is 130 cm³/mol. The summed E-state index contributed by atoms with van der Waals surface area (Å²) >= 11 is 1.48. The lowest BCUT2D eigenvalue weighted by Crippen LogP contribution is -2.45. The number of nitrogens with one attached hydrogen (secondary N) is 1. The fraction of sp³-hybridized carbons (Fsp3) is 0.320. The van der Waals surface area contributed by atoms with E-state index in [-0.39, 0.29) is 17.5 Å². The predicted octanol–water partition coefficient (Wildman–Crippen LogP) is 3.53. The van der Waals surface area contributed by atoms with Gasteiger partial charge in [0.05, 0.1) is 28.4 Å². The summed E-state index contributed by atoms with van der Waals surface area (Å²) < 4.78 is 7.75. The first-order chi connectivity index (χ1) is 16.6. The maximum atomic E-state index is 12.9. The number of ether oxygens (including phenoxy) is 1. The quantitative estimate of drug-likeness (QED) is 0.478. The Labute approximate surface area is 201 Å². The molecule has 0 spiro atoms. The number of imidazole rings is 1. The molecule has 4 heterocycles. The summed E-state index contributed by atoms with van der Waals surface area (Å²) in [6.07, 6.45) is 6.33. The molecule has 1 amide bonds. The second-order valence-corrected chi connectivity index (χ2v) is 9.51.